The minimum atomic E-state index is -1.07. The third-order valence-corrected chi connectivity index (χ3v) is 1.37. The van der Waals surface area contributed by atoms with Crippen LogP contribution in [0.25, 0.3) is 0 Å². The van der Waals surface area contributed by atoms with Crippen LogP contribution >= 0.6 is 0 Å². The monoisotopic (exact) mass is 173 g/mol. The van der Waals surface area contributed by atoms with Crippen LogP contribution in [0, 0.1) is 5.92 Å². The average molecular weight is 173 g/mol. The van der Waals surface area contributed by atoms with Crippen LogP contribution < -0.4 is 0 Å². The fourth-order valence-electron chi connectivity index (χ4n) is 0.914. The Kier molecular flexibility index (Phi) is 4.33. The molecule has 0 atom stereocenters. The second-order valence-corrected chi connectivity index (χ2v) is 3.24. The van der Waals surface area contributed by atoms with Gasteiger partial charge in [-0.15, -0.1) is 0 Å². The van der Waals surface area contributed by atoms with Crippen molar-refractivity contribution in [2.24, 2.45) is 5.92 Å². The second kappa shape index (κ2) is 4.74. The Balaban J connectivity index is 3.85. The molecule has 0 aliphatic carbocycles. The average Bonchev–Trinajstić information content (AvgIpc) is 1.84. The number of hydrogen-bond donors (Lipinski definition) is 1. The molecule has 0 aliphatic rings. The summed E-state index contributed by atoms with van der Waals surface area (Å²) in [5.41, 5.74) is 0. The molecule has 0 saturated heterocycles. The smallest absolute Gasteiger partial charge is 0.312 e. The standard InChI is InChI=1S/C8H15NO3/c1-6(2)5-9(3)7(10)4-8(11)12/h6H,4-5H2,1-3H3,(H,11,12). The highest BCUT2D eigenvalue weighted by molar-refractivity contribution is 5.93. The Morgan fingerprint density at radius 1 is 1.42 bits per heavy atom. The van der Waals surface area contributed by atoms with Gasteiger partial charge in [-0.2, -0.15) is 0 Å². The maximum atomic E-state index is 11.0. The number of carboxylic acids is 1. The van der Waals surface area contributed by atoms with Crippen LogP contribution in [0.15, 0.2) is 0 Å². The lowest BCUT2D eigenvalue weighted by molar-refractivity contribution is -0.143. The number of nitrogens with zero attached hydrogens (tertiary/aromatic N) is 1. The Labute approximate surface area is 72.2 Å². The van der Waals surface area contributed by atoms with E-state index in [4.69, 9.17) is 5.11 Å². The zero-order chi connectivity index (χ0) is 9.72. The fourth-order valence-corrected chi connectivity index (χ4v) is 0.914. The molecule has 0 unspecified atom stereocenters. The van der Waals surface area contributed by atoms with Crippen molar-refractivity contribution in [3.63, 3.8) is 0 Å². The van der Waals surface area contributed by atoms with Crippen LogP contribution in [0.4, 0.5) is 0 Å². The van der Waals surface area contributed by atoms with Crippen molar-refractivity contribution < 1.29 is 14.7 Å². The van der Waals surface area contributed by atoms with E-state index in [1.807, 2.05) is 13.8 Å². The van der Waals surface area contributed by atoms with Crippen LogP contribution in [-0.2, 0) is 9.59 Å². The minimum Gasteiger partial charge on any atom is -0.481 e. The van der Waals surface area contributed by atoms with Gasteiger partial charge in [-0.25, -0.2) is 0 Å². The summed E-state index contributed by atoms with van der Waals surface area (Å²) >= 11 is 0. The van der Waals surface area contributed by atoms with E-state index in [2.05, 4.69) is 0 Å². The van der Waals surface area contributed by atoms with Gasteiger partial charge in [-0.3, -0.25) is 9.59 Å². The van der Waals surface area contributed by atoms with Gasteiger partial charge in [0.2, 0.25) is 5.91 Å². The summed E-state index contributed by atoms with van der Waals surface area (Å²) in [5.74, 6) is -1.04. The molecule has 0 saturated carbocycles. The van der Waals surface area contributed by atoms with E-state index in [0.717, 1.165) is 0 Å². The molecule has 0 aromatic heterocycles. The maximum Gasteiger partial charge on any atom is 0.312 e. The second-order valence-electron chi connectivity index (χ2n) is 3.24. The Morgan fingerprint density at radius 3 is 2.25 bits per heavy atom. The molecule has 0 heterocycles. The number of carbonyl (C=O) groups excluding carboxylic acids is 1. The molecule has 0 aromatic rings. The molecule has 0 rings (SSSR count). The molecular weight excluding hydrogens is 158 g/mol. The molecule has 0 aromatic carbocycles. The van der Waals surface area contributed by atoms with Crippen LogP contribution in [0.3, 0.4) is 0 Å². The molecule has 0 radical (unpaired) electrons. The lowest BCUT2D eigenvalue weighted by atomic mass is 10.2. The number of carbonyl (C=O) groups is 2. The zero-order valence-corrected chi connectivity index (χ0v) is 7.70. The third-order valence-electron chi connectivity index (χ3n) is 1.37. The Hall–Kier alpha value is -1.06. The van der Waals surface area contributed by atoms with Crippen molar-refractivity contribution in [1.29, 1.82) is 0 Å². The molecule has 12 heavy (non-hydrogen) atoms. The van der Waals surface area contributed by atoms with E-state index in [0.29, 0.717) is 12.5 Å². The molecule has 0 spiro atoms. The molecule has 70 valence electrons. The first-order chi connectivity index (χ1) is 5.43. The van der Waals surface area contributed by atoms with Crippen molar-refractivity contribution in [2.75, 3.05) is 13.6 Å². The SMILES string of the molecule is CC(C)CN(C)C(=O)CC(=O)O. The first-order valence-electron chi connectivity index (χ1n) is 3.89. The lowest BCUT2D eigenvalue weighted by Gasteiger charge is -2.18. The fraction of sp³-hybridized carbons (Fsp3) is 0.750. The molecule has 4 nitrogen and oxygen atoms in total. The molecule has 1 amide bonds. The van der Waals surface area contributed by atoms with Crippen LogP contribution in [0.1, 0.15) is 20.3 Å². The van der Waals surface area contributed by atoms with Gasteiger partial charge >= 0.3 is 5.97 Å². The van der Waals surface area contributed by atoms with E-state index in [-0.39, 0.29) is 5.91 Å². The summed E-state index contributed by atoms with van der Waals surface area (Å²) in [6.07, 6.45) is -0.413. The van der Waals surface area contributed by atoms with E-state index in [1.54, 1.807) is 7.05 Å². The quantitative estimate of drug-likeness (QED) is 0.632. The van der Waals surface area contributed by atoms with Gasteiger partial charge in [0.05, 0.1) is 0 Å². The van der Waals surface area contributed by atoms with Crippen LogP contribution in [0.5, 0.6) is 0 Å². The largest absolute Gasteiger partial charge is 0.481 e. The van der Waals surface area contributed by atoms with Crippen LogP contribution in [-0.4, -0.2) is 35.5 Å². The third kappa shape index (κ3) is 4.71. The summed E-state index contributed by atoms with van der Waals surface area (Å²) < 4.78 is 0. The number of amides is 1. The van der Waals surface area contributed by atoms with Gasteiger partial charge in [-0.1, -0.05) is 13.8 Å². The first kappa shape index (κ1) is 10.9. The molecule has 0 aliphatic heterocycles. The van der Waals surface area contributed by atoms with Crippen molar-refractivity contribution >= 4 is 11.9 Å². The molecule has 4 heteroatoms. The van der Waals surface area contributed by atoms with Gasteiger partial charge in [0.15, 0.2) is 0 Å². The summed E-state index contributed by atoms with van der Waals surface area (Å²) in [6, 6.07) is 0. The molecule has 0 bridgehead atoms. The normalized spacial score (nSPS) is 10.0. The molecule has 1 N–H and O–H groups in total. The topological polar surface area (TPSA) is 57.6 Å². The van der Waals surface area contributed by atoms with Crippen molar-refractivity contribution in [2.45, 2.75) is 20.3 Å². The van der Waals surface area contributed by atoms with Gasteiger partial charge < -0.3 is 10.0 Å². The van der Waals surface area contributed by atoms with E-state index in [1.165, 1.54) is 4.90 Å². The van der Waals surface area contributed by atoms with Crippen LogP contribution in [0.2, 0.25) is 0 Å². The van der Waals surface area contributed by atoms with Gasteiger partial charge in [0, 0.05) is 13.6 Å². The minimum absolute atomic E-state index is 0.337. The summed E-state index contributed by atoms with van der Waals surface area (Å²) in [7, 11) is 1.62. The molecular formula is C8H15NO3. The summed E-state index contributed by atoms with van der Waals surface area (Å²) in [6.45, 7) is 4.56. The van der Waals surface area contributed by atoms with E-state index in [9.17, 15) is 9.59 Å². The summed E-state index contributed by atoms with van der Waals surface area (Å²) in [5, 5.41) is 8.32. The van der Waals surface area contributed by atoms with Crippen molar-refractivity contribution in [3.8, 4) is 0 Å². The molecule has 0 fully saturated rings. The lowest BCUT2D eigenvalue weighted by Crippen LogP contribution is -2.31. The highest BCUT2D eigenvalue weighted by atomic mass is 16.4. The van der Waals surface area contributed by atoms with Gasteiger partial charge in [-0.05, 0) is 5.92 Å². The van der Waals surface area contributed by atoms with Crippen molar-refractivity contribution in [3.05, 3.63) is 0 Å². The number of rotatable bonds is 4. The Morgan fingerprint density at radius 2 is 1.92 bits per heavy atom. The van der Waals surface area contributed by atoms with E-state index >= 15 is 0 Å². The predicted molar refractivity (Wildman–Crippen MR) is 44.7 cm³/mol. The van der Waals surface area contributed by atoms with E-state index < -0.39 is 12.4 Å². The highest BCUT2D eigenvalue weighted by Gasteiger charge is 2.13. The zero-order valence-electron chi connectivity index (χ0n) is 7.70. The van der Waals surface area contributed by atoms with Gasteiger partial charge in [0.1, 0.15) is 6.42 Å². The highest BCUT2D eigenvalue weighted by Crippen LogP contribution is 1.98. The number of hydrogen-bond acceptors (Lipinski definition) is 2. The number of carboxylic acid groups (broad SMARTS) is 1. The van der Waals surface area contributed by atoms with Crippen molar-refractivity contribution in [1.82, 2.24) is 4.90 Å². The maximum absolute atomic E-state index is 11.0. The van der Waals surface area contributed by atoms with Gasteiger partial charge in [0.25, 0.3) is 0 Å². The Bertz CT molecular complexity index is 177. The summed E-state index contributed by atoms with van der Waals surface area (Å²) in [4.78, 5) is 22.6. The number of aliphatic carboxylic acids is 1. The predicted octanol–water partition coefficient (Wildman–Crippen LogP) is 0.575. The first-order valence-corrected chi connectivity index (χ1v) is 3.89.